The molecule has 0 spiro atoms. The van der Waals surface area contributed by atoms with Crippen LogP contribution in [0.3, 0.4) is 0 Å². The number of hydrogen-bond donors (Lipinski definition) is 3. The second-order valence-electron chi connectivity index (χ2n) is 6.52. The number of carbonyl (C=O) groups excluding carboxylic acids is 2. The van der Waals surface area contributed by atoms with Crippen molar-refractivity contribution in [2.45, 2.75) is 26.7 Å². The average Bonchev–Trinajstić information content (AvgIpc) is 2.59. The quantitative estimate of drug-likeness (QED) is 0.649. The van der Waals surface area contributed by atoms with Crippen LogP contribution in [0.25, 0.3) is 10.9 Å². The summed E-state index contributed by atoms with van der Waals surface area (Å²) in [6.45, 7) is 3.39. The van der Waals surface area contributed by atoms with E-state index in [1.807, 2.05) is 31.2 Å². The summed E-state index contributed by atoms with van der Waals surface area (Å²) in [7, 11) is 0. The number of nitrogens with one attached hydrogen (secondary N) is 3. The van der Waals surface area contributed by atoms with Crippen LogP contribution in [-0.2, 0) is 16.0 Å². The zero-order valence-electron chi connectivity index (χ0n) is 15.3. The predicted octanol–water partition coefficient (Wildman–Crippen LogP) is 3.37. The molecule has 1 aromatic heterocycles. The molecule has 3 aromatic rings. The maximum atomic E-state index is 12.2. The topological polar surface area (TPSA) is 91.1 Å². The monoisotopic (exact) mass is 363 g/mol. The number of fused-ring (bicyclic) bond motifs is 1. The summed E-state index contributed by atoms with van der Waals surface area (Å²) in [5, 5.41) is 6.40. The number of anilines is 2. The van der Waals surface area contributed by atoms with E-state index in [0.29, 0.717) is 23.4 Å². The fourth-order valence-corrected chi connectivity index (χ4v) is 2.90. The number of aryl methyl sites for hydroxylation is 2. The number of benzene rings is 2. The van der Waals surface area contributed by atoms with E-state index < -0.39 is 0 Å². The summed E-state index contributed by atoms with van der Waals surface area (Å²) in [4.78, 5) is 38.5. The van der Waals surface area contributed by atoms with E-state index >= 15 is 0 Å². The smallest absolute Gasteiger partial charge is 0.251 e. The first-order chi connectivity index (χ1) is 12.9. The van der Waals surface area contributed by atoms with Crippen molar-refractivity contribution in [1.29, 1.82) is 0 Å². The van der Waals surface area contributed by atoms with Crippen molar-refractivity contribution in [3.05, 3.63) is 70.0 Å². The molecule has 3 rings (SSSR count). The Morgan fingerprint density at radius 1 is 1.00 bits per heavy atom. The summed E-state index contributed by atoms with van der Waals surface area (Å²) in [6, 6.07) is 14.6. The van der Waals surface area contributed by atoms with E-state index in [-0.39, 0.29) is 23.8 Å². The Morgan fingerprint density at radius 2 is 1.74 bits per heavy atom. The third kappa shape index (κ3) is 4.82. The zero-order chi connectivity index (χ0) is 19.4. The van der Waals surface area contributed by atoms with Crippen molar-refractivity contribution in [3.8, 4) is 0 Å². The Kier molecular flexibility index (Phi) is 5.35. The van der Waals surface area contributed by atoms with Crippen LogP contribution in [0.5, 0.6) is 0 Å². The lowest BCUT2D eigenvalue weighted by Crippen LogP contribution is -2.17. The molecule has 0 unspecified atom stereocenters. The highest BCUT2D eigenvalue weighted by atomic mass is 16.2. The number of carbonyl (C=O) groups is 2. The van der Waals surface area contributed by atoms with Crippen LogP contribution in [0.2, 0.25) is 0 Å². The molecule has 1 heterocycles. The van der Waals surface area contributed by atoms with Gasteiger partial charge in [-0.25, -0.2) is 0 Å². The number of amides is 2. The minimum Gasteiger partial charge on any atom is -0.326 e. The Balaban J connectivity index is 1.66. The van der Waals surface area contributed by atoms with E-state index in [1.165, 1.54) is 6.92 Å². The fraction of sp³-hybridized carbons (Fsp3) is 0.190. The van der Waals surface area contributed by atoms with Gasteiger partial charge in [0, 0.05) is 35.8 Å². The molecule has 0 fully saturated rings. The Morgan fingerprint density at radius 3 is 2.48 bits per heavy atom. The van der Waals surface area contributed by atoms with Gasteiger partial charge in [-0.05, 0) is 54.6 Å². The van der Waals surface area contributed by atoms with Gasteiger partial charge in [-0.15, -0.1) is 0 Å². The van der Waals surface area contributed by atoms with E-state index in [1.54, 1.807) is 24.3 Å². The number of H-pyrrole nitrogens is 1. The number of aromatic nitrogens is 1. The molecule has 138 valence electrons. The van der Waals surface area contributed by atoms with E-state index in [2.05, 4.69) is 15.6 Å². The van der Waals surface area contributed by atoms with E-state index in [4.69, 9.17) is 0 Å². The fourth-order valence-electron chi connectivity index (χ4n) is 2.90. The molecule has 0 saturated heterocycles. The number of aromatic amines is 1. The molecule has 2 aromatic carbocycles. The minimum atomic E-state index is -0.196. The Hall–Kier alpha value is -3.41. The third-order valence-electron chi connectivity index (χ3n) is 4.17. The van der Waals surface area contributed by atoms with Crippen LogP contribution < -0.4 is 16.2 Å². The molecule has 2 amide bonds. The highest BCUT2D eigenvalue weighted by Crippen LogP contribution is 2.16. The molecule has 3 N–H and O–H groups in total. The second kappa shape index (κ2) is 7.86. The number of hydrogen-bond acceptors (Lipinski definition) is 3. The highest BCUT2D eigenvalue weighted by molar-refractivity contribution is 5.93. The van der Waals surface area contributed by atoms with Crippen LogP contribution in [0, 0.1) is 6.92 Å². The first kappa shape index (κ1) is 18.4. The average molecular weight is 363 g/mol. The lowest BCUT2D eigenvalue weighted by molar-refractivity contribution is -0.116. The van der Waals surface area contributed by atoms with Crippen molar-refractivity contribution >= 4 is 34.1 Å². The SMILES string of the molecule is CC(=O)Nc1cccc(NC(=O)CCc2cc3ccc(C)cc3[nH]c2=O)c1. The summed E-state index contributed by atoms with van der Waals surface area (Å²) in [5.41, 5.74) is 3.48. The molecule has 0 atom stereocenters. The largest absolute Gasteiger partial charge is 0.326 e. The molecule has 6 heteroatoms. The van der Waals surface area contributed by atoms with E-state index in [9.17, 15) is 14.4 Å². The Bertz CT molecular complexity index is 1070. The maximum Gasteiger partial charge on any atom is 0.251 e. The molecule has 0 aliphatic heterocycles. The minimum absolute atomic E-state index is 0.173. The van der Waals surface area contributed by atoms with Crippen molar-refractivity contribution in [1.82, 2.24) is 4.98 Å². The lowest BCUT2D eigenvalue weighted by Gasteiger charge is -2.08. The highest BCUT2D eigenvalue weighted by Gasteiger charge is 2.08. The van der Waals surface area contributed by atoms with Crippen LogP contribution in [0.1, 0.15) is 24.5 Å². The van der Waals surface area contributed by atoms with Crippen LogP contribution in [-0.4, -0.2) is 16.8 Å². The first-order valence-corrected chi connectivity index (χ1v) is 8.71. The second-order valence-corrected chi connectivity index (χ2v) is 6.52. The van der Waals surface area contributed by atoms with Gasteiger partial charge in [0.05, 0.1) is 0 Å². The summed E-state index contributed by atoms with van der Waals surface area (Å²) >= 11 is 0. The van der Waals surface area contributed by atoms with Gasteiger partial charge in [-0.2, -0.15) is 0 Å². The number of pyridine rings is 1. The standard InChI is InChI=1S/C21H21N3O3/c1-13-6-7-15-11-16(21(27)24-19(15)10-13)8-9-20(26)23-18-5-3-4-17(12-18)22-14(2)25/h3-7,10-12H,8-9H2,1-2H3,(H,22,25)(H,23,26)(H,24,27). The van der Waals surface area contributed by atoms with Crippen molar-refractivity contribution in [2.24, 2.45) is 0 Å². The normalized spacial score (nSPS) is 10.6. The molecular formula is C21H21N3O3. The molecule has 0 bridgehead atoms. The lowest BCUT2D eigenvalue weighted by atomic mass is 10.1. The molecule has 27 heavy (non-hydrogen) atoms. The molecule has 6 nitrogen and oxygen atoms in total. The van der Waals surface area contributed by atoms with Gasteiger partial charge in [0.15, 0.2) is 0 Å². The van der Waals surface area contributed by atoms with Crippen molar-refractivity contribution < 1.29 is 9.59 Å². The molecule has 0 aliphatic rings. The van der Waals surface area contributed by atoms with Gasteiger partial charge >= 0.3 is 0 Å². The van der Waals surface area contributed by atoms with Gasteiger partial charge in [-0.1, -0.05) is 18.2 Å². The third-order valence-corrected chi connectivity index (χ3v) is 4.17. The molecule has 0 saturated carbocycles. The molecule has 0 aliphatic carbocycles. The van der Waals surface area contributed by atoms with Crippen LogP contribution in [0.4, 0.5) is 11.4 Å². The van der Waals surface area contributed by atoms with E-state index in [0.717, 1.165) is 16.5 Å². The Labute approximate surface area is 156 Å². The van der Waals surface area contributed by atoms with Gasteiger partial charge in [0.2, 0.25) is 11.8 Å². The van der Waals surface area contributed by atoms with Crippen LogP contribution >= 0.6 is 0 Å². The first-order valence-electron chi connectivity index (χ1n) is 8.71. The molecular weight excluding hydrogens is 342 g/mol. The van der Waals surface area contributed by atoms with Crippen molar-refractivity contribution in [2.75, 3.05) is 10.6 Å². The maximum absolute atomic E-state index is 12.2. The van der Waals surface area contributed by atoms with Gasteiger partial charge in [0.25, 0.3) is 5.56 Å². The van der Waals surface area contributed by atoms with Gasteiger partial charge in [0.1, 0.15) is 0 Å². The summed E-state index contributed by atoms with van der Waals surface area (Å²) in [6.07, 6.45) is 0.529. The van der Waals surface area contributed by atoms with Gasteiger partial charge in [-0.3, -0.25) is 14.4 Å². The molecule has 0 radical (unpaired) electrons. The summed E-state index contributed by atoms with van der Waals surface area (Å²) < 4.78 is 0. The van der Waals surface area contributed by atoms with Gasteiger partial charge < -0.3 is 15.6 Å². The van der Waals surface area contributed by atoms with Crippen molar-refractivity contribution in [3.63, 3.8) is 0 Å². The zero-order valence-corrected chi connectivity index (χ0v) is 15.3. The summed E-state index contributed by atoms with van der Waals surface area (Å²) in [5.74, 6) is -0.373. The number of rotatable bonds is 5. The van der Waals surface area contributed by atoms with Crippen LogP contribution in [0.15, 0.2) is 53.3 Å². The predicted molar refractivity (Wildman–Crippen MR) is 107 cm³/mol.